The molecule has 1 amide bonds. The summed E-state index contributed by atoms with van der Waals surface area (Å²) in [5, 5.41) is 3.65. The highest BCUT2D eigenvalue weighted by Crippen LogP contribution is 2.42. The number of para-hydroxylation sites is 1. The molecule has 6 atom stereocenters. The Kier molecular flexibility index (Phi) is 7.71. The molecule has 3 saturated heterocycles. The van der Waals surface area contributed by atoms with Gasteiger partial charge in [0.25, 0.3) is 0 Å². The topological polar surface area (TPSA) is 127 Å². The molecule has 3 aromatic rings. The largest absolute Gasteiger partial charge is 0.455 e. The number of carbonyl (C=O) groups excluding carboxylic acids is 2. The van der Waals surface area contributed by atoms with Crippen LogP contribution in [0.25, 0.3) is 10.9 Å². The van der Waals surface area contributed by atoms with Crippen LogP contribution in [0, 0.1) is 0 Å². The van der Waals surface area contributed by atoms with E-state index in [1.54, 1.807) is 13.8 Å². The van der Waals surface area contributed by atoms with Crippen molar-refractivity contribution in [3.8, 4) is 0 Å². The maximum atomic E-state index is 13.9. The SMILES string of the molecule is CC1(C)OC2O[C@H]([C@@H]3COC(C)(C)O3)C(OC(=O)[C@H](Cc3c[nH]c4ccccc34)NC(=O)OCc3ccccc3)C2O1. The van der Waals surface area contributed by atoms with Crippen molar-refractivity contribution in [2.45, 2.75) is 89.0 Å². The molecule has 0 spiro atoms. The summed E-state index contributed by atoms with van der Waals surface area (Å²) in [5.41, 5.74) is 2.57. The molecule has 1 aromatic heterocycles. The molecule has 4 heterocycles. The summed E-state index contributed by atoms with van der Waals surface area (Å²) in [6, 6.07) is 16.0. The molecule has 6 rings (SSSR count). The second kappa shape index (κ2) is 11.3. The fourth-order valence-corrected chi connectivity index (χ4v) is 5.65. The van der Waals surface area contributed by atoms with Gasteiger partial charge in [0.15, 0.2) is 30.1 Å². The van der Waals surface area contributed by atoms with Gasteiger partial charge >= 0.3 is 12.1 Å². The zero-order valence-electron chi connectivity index (χ0n) is 24.0. The number of esters is 1. The van der Waals surface area contributed by atoms with Crippen LogP contribution in [-0.4, -0.2) is 72.0 Å². The summed E-state index contributed by atoms with van der Waals surface area (Å²) < 4.78 is 41.6. The number of hydrogen-bond acceptors (Lipinski definition) is 9. The average Bonchev–Trinajstić information content (AvgIpc) is 3.69. The van der Waals surface area contributed by atoms with Gasteiger partial charge in [0, 0.05) is 23.5 Å². The van der Waals surface area contributed by atoms with Crippen LogP contribution in [0.5, 0.6) is 0 Å². The van der Waals surface area contributed by atoms with Gasteiger partial charge in [0.05, 0.1) is 6.61 Å². The number of alkyl carbamates (subject to hydrolysis) is 1. The van der Waals surface area contributed by atoms with Crippen LogP contribution in [0.1, 0.15) is 38.8 Å². The van der Waals surface area contributed by atoms with Crippen LogP contribution in [0.3, 0.4) is 0 Å². The van der Waals surface area contributed by atoms with E-state index < -0.39 is 60.4 Å². The average molecular weight is 581 g/mol. The van der Waals surface area contributed by atoms with Crippen LogP contribution in [0.2, 0.25) is 0 Å². The smallest absolute Gasteiger partial charge is 0.408 e. The van der Waals surface area contributed by atoms with E-state index in [9.17, 15) is 9.59 Å². The van der Waals surface area contributed by atoms with Crippen molar-refractivity contribution in [1.29, 1.82) is 0 Å². The van der Waals surface area contributed by atoms with E-state index in [0.29, 0.717) is 0 Å². The molecule has 224 valence electrons. The van der Waals surface area contributed by atoms with Gasteiger partial charge in [-0.1, -0.05) is 48.5 Å². The zero-order valence-corrected chi connectivity index (χ0v) is 24.0. The van der Waals surface area contributed by atoms with Crippen LogP contribution < -0.4 is 5.32 Å². The maximum absolute atomic E-state index is 13.9. The van der Waals surface area contributed by atoms with Gasteiger partial charge in [-0.05, 0) is 44.9 Å². The van der Waals surface area contributed by atoms with Gasteiger partial charge in [-0.2, -0.15) is 0 Å². The lowest BCUT2D eigenvalue weighted by Gasteiger charge is -2.29. The maximum Gasteiger partial charge on any atom is 0.408 e. The summed E-state index contributed by atoms with van der Waals surface area (Å²) >= 11 is 0. The number of aromatic nitrogens is 1. The Labute approximate surface area is 243 Å². The van der Waals surface area contributed by atoms with Crippen LogP contribution in [0.15, 0.2) is 60.8 Å². The predicted octanol–water partition coefficient (Wildman–Crippen LogP) is 3.95. The highest BCUT2D eigenvalue weighted by Gasteiger charge is 2.60. The Morgan fingerprint density at radius 3 is 2.50 bits per heavy atom. The molecule has 11 nitrogen and oxygen atoms in total. The number of benzene rings is 2. The first-order valence-electron chi connectivity index (χ1n) is 14.1. The quantitative estimate of drug-likeness (QED) is 0.381. The fourth-order valence-electron chi connectivity index (χ4n) is 5.65. The van der Waals surface area contributed by atoms with E-state index in [0.717, 1.165) is 22.0 Å². The van der Waals surface area contributed by atoms with Gasteiger partial charge < -0.3 is 43.5 Å². The van der Waals surface area contributed by atoms with Gasteiger partial charge in [-0.15, -0.1) is 0 Å². The summed E-state index contributed by atoms with van der Waals surface area (Å²) in [6.45, 7) is 7.45. The van der Waals surface area contributed by atoms with E-state index in [-0.39, 0.29) is 19.6 Å². The monoisotopic (exact) mass is 580 g/mol. The fraction of sp³-hybridized carbons (Fsp3) is 0.484. The van der Waals surface area contributed by atoms with Crippen molar-refractivity contribution in [3.63, 3.8) is 0 Å². The first-order chi connectivity index (χ1) is 20.1. The Hall–Kier alpha value is -3.48. The van der Waals surface area contributed by atoms with Crippen molar-refractivity contribution in [2.24, 2.45) is 0 Å². The summed E-state index contributed by atoms with van der Waals surface area (Å²) in [6.07, 6.45) is -2.31. The van der Waals surface area contributed by atoms with Crippen LogP contribution >= 0.6 is 0 Å². The summed E-state index contributed by atoms with van der Waals surface area (Å²) in [5.74, 6) is -2.41. The Bertz CT molecular complexity index is 1420. The standard InChI is InChI=1S/C31H36N2O9/c1-30(2)37-17-23(40-30)24-25(26-28(39-24)42-31(3,4)41-26)38-27(34)22(14-19-15-32-21-13-9-8-12-20(19)21)33-29(35)36-16-18-10-6-5-7-11-18/h5-13,15,22-26,28,32H,14,16-17H2,1-4H3,(H,33,35)/t22-,23-,24+,25?,26?,28?/m0/s1. The molecule has 3 aliphatic heterocycles. The molecule has 0 saturated carbocycles. The predicted molar refractivity (Wildman–Crippen MR) is 149 cm³/mol. The number of aromatic amines is 1. The van der Waals surface area contributed by atoms with Gasteiger partial charge in [-0.25, -0.2) is 9.59 Å². The minimum atomic E-state index is -1.07. The Balaban J connectivity index is 1.22. The lowest BCUT2D eigenvalue weighted by atomic mass is 10.0. The highest BCUT2D eigenvalue weighted by atomic mass is 16.8. The van der Waals surface area contributed by atoms with E-state index in [4.69, 9.17) is 33.2 Å². The molecule has 0 radical (unpaired) electrons. The lowest BCUT2D eigenvalue weighted by Crippen LogP contribution is -2.50. The Morgan fingerprint density at radius 2 is 1.74 bits per heavy atom. The van der Waals surface area contributed by atoms with Crippen molar-refractivity contribution in [1.82, 2.24) is 10.3 Å². The van der Waals surface area contributed by atoms with E-state index in [1.807, 2.05) is 74.6 Å². The number of carbonyl (C=O) groups is 2. The number of H-pyrrole nitrogens is 1. The molecule has 0 aliphatic carbocycles. The zero-order chi connectivity index (χ0) is 29.5. The Morgan fingerprint density at radius 1 is 0.976 bits per heavy atom. The lowest BCUT2D eigenvalue weighted by molar-refractivity contribution is -0.235. The number of amides is 1. The first-order valence-corrected chi connectivity index (χ1v) is 14.1. The van der Waals surface area contributed by atoms with Crippen molar-refractivity contribution in [2.75, 3.05) is 6.61 Å². The molecule has 11 heteroatoms. The number of nitrogens with one attached hydrogen (secondary N) is 2. The van der Waals surface area contributed by atoms with Gasteiger partial charge in [0.1, 0.15) is 24.9 Å². The summed E-state index contributed by atoms with van der Waals surface area (Å²) in [7, 11) is 0. The number of fused-ring (bicyclic) bond motifs is 2. The molecule has 3 unspecified atom stereocenters. The number of rotatable bonds is 8. The van der Waals surface area contributed by atoms with Gasteiger partial charge in [-0.3, -0.25) is 0 Å². The molecular weight excluding hydrogens is 544 g/mol. The third kappa shape index (κ3) is 6.16. The molecule has 2 aromatic carbocycles. The number of hydrogen-bond donors (Lipinski definition) is 2. The minimum absolute atomic E-state index is 0.0544. The van der Waals surface area contributed by atoms with E-state index in [1.165, 1.54) is 0 Å². The minimum Gasteiger partial charge on any atom is -0.455 e. The third-order valence-electron chi connectivity index (χ3n) is 7.56. The third-order valence-corrected chi connectivity index (χ3v) is 7.56. The second-order valence-electron chi connectivity index (χ2n) is 11.7. The van der Waals surface area contributed by atoms with E-state index >= 15 is 0 Å². The molecule has 3 fully saturated rings. The second-order valence-corrected chi connectivity index (χ2v) is 11.7. The van der Waals surface area contributed by atoms with Crippen molar-refractivity contribution < 1.29 is 42.7 Å². The molecule has 2 N–H and O–H groups in total. The molecule has 0 bridgehead atoms. The van der Waals surface area contributed by atoms with Crippen LogP contribution in [0.4, 0.5) is 4.79 Å². The number of ether oxygens (including phenoxy) is 7. The van der Waals surface area contributed by atoms with Crippen molar-refractivity contribution >= 4 is 23.0 Å². The molecule has 3 aliphatic rings. The van der Waals surface area contributed by atoms with E-state index in [2.05, 4.69) is 10.3 Å². The first kappa shape index (κ1) is 28.6. The summed E-state index contributed by atoms with van der Waals surface area (Å²) in [4.78, 5) is 30.0. The highest BCUT2D eigenvalue weighted by molar-refractivity contribution is 5.86. The van der Waals surface area contributed by atoms with Crippen molar-refractivity contribution in [3.05, 3.63) is 71.9 Å². The molecule has 42 heavy (non-hydrogen) atoms. The normalized spacial score (nSPS) is 28.3. The van der Waals surface area contributed by atoms with Crippen LogP contribution in [-0.2, 0) is 51.0 Å². The molecular formula is C31H36N2O9. The van der Waals surface area contributed by atoms with Gasteiger partial charge in [0.2, 0.25) is 0 Å².